The van der Waals surface area contributed by atoms with Gasteiger partial charge < -0.3 is 24.8 Å². The van der Waals surface area contributed by atoms with Crippen molar-refractivity contribution in [1.82, 2.24) is 0 Å². The highest BCUT2D eigenvalue weighted by Gasteiger charge is 2.37. The van der Waals surface area contributed by atoms with E-state index in [1.165, 1.54) is 0 Å². The number of phenols is 3. The Morgan fingerprint density at radius 3 is 2.28 bits per heavy atom. The zero-order valence-corrected chi connectivity index (χ0v) is 21.7. The molecule has 2 aromatic rings. The maximum Gasteiger partial charge on any atom is 0.174 e. The maximum atomic E-state index is 13.4. The number of allylic oxidation sites excluding steroid dienone is 4. The van der Waals surface area contributed by atoms with Crippen molar-refractivity contribution in [3.8, 4) is 28.7 Å². The summed E-state index contributed by atoms with van der Waals surface area (Å²) in [5.41, 5.74) is 3.64. The fraction of sp³-hybridized carbons (Fsp3) is 0.367. The Morgan fingerprint density at radius 2 is 1.64 bits per heavy atom. The van der Waals surface area contributed by atoms with Crippen LogP contribution in [0.2, 0.25) is 0 Å². The fourth-order valence-electron chi connectivity index (χ4n) is 4.51. The van der Waals surface area contributed by atoms with Gasteiger partial charge in [0.15, 0.2) is 5.78 Å². The van der Waals surface area contributed by atoms with E-state index in [2.05, 4.69) is 0 Å². The van der Waals surface area contributed by atoms with Crippen molar-refractivity contribution < 1.29 is 29.6 Å². The van der Waals surface area contributed by atoms with E-state index in [4.69, 9.17) is 9.47 Å². The Bertz CT molecular complexity index is 1320. The van der Waals surface area contributed by atoms with Gasteiger partial charge in [-0.15, -0.1) is 0 Å². The third-order valence-corrected chi connectivity index (χ3v) is 6.48. The second-order valence-electron chi connectivity index (χ2n) is 10.6. The molecular formula is C30H34O6. The van der Waals surface area contributed by atoms with Crippen LogP contribution in [0.5, 0.6) is 28.7 Å². The van der Waals surface area contributed by atoms with Crippen molar-refractivity contribution in [2.24, 2.45) is 0 Å². The molecule has 0 amide bonds. The zero-order valence-electron chi connectivity index (χ0n) is 21.7. The van der Waals surface area contributed by atoms with Crippen LogP contribution in [-0.2, 0) is 12.8 Å². The molecule has 2 aromatic carbocycles. The summed E-state index contributed by atoms with van der Waals surface area (Å²) in [6.45, 7) is 11.6. The number of hydrogen-bond donors (Lipinski definition) is 3. The molecule has 36 heavy (non-hydrogen) atoms. The first kappa shape index (κ1) is 25.4. The number of benzene rings is 2. The van der Waals surface area contributed by atoms with Gasteiger partial charge in [-0.25, -0.2) is 0 Å². The molecule has 6 nitrogen and oxygen atoms in total. The van der Waals surface area contributed by atoms with Gasteiger partial charge in [0.2, 0.25) is 0 Å². The number of hydrogen-bond acceptors (Lipinski definition) is 6. The molecular weight excluding hydrogens is 456 g/mol. The van der Waals surface area contributed by atoms with E-state index in [1.54, 1.807) is 12.1 Å². The van der Waals surface area contributed by atoms with Crippen LogP contribution < -0.4 is 9.47 Å². The number of Topliss-reactive ketones (excluding diaryl/α,β-unsaturated/α-hetero) is 1. The van der Waals surface area contributed by atoms with Crippen molar-refractivity contribution >= 4 is 11.9 Å². The van der Waals surface area contributed by atoms with Gasteiger partial charge in [0, 0.05) is 28.3 Å². The van der Waals surface area contributed by atoms with Crippen LogP contribution in [0.15, 0.2) is 41.5 Å². The Kier molecular flexibility index (Phi) is 6.65. The minimum Gasteiger partial charge on any atom is -0.507 e. The van der Waals surface area contributed by atoms with Crippen LogP contribution >= 0.6 is 0 Å². The molecule has 0 bridgehead atoms. The SMILES string of the molecule is CC(C)=CCc1c(O)c(CC=C(C)C)c2c(c1O)C(=O)C[C@@H](c1cc3c(cc1O)OC(C)(C)C=C3)O2. The Labute approximate surface area is 212 Å². The van der Waals surface area contributed by atoms with Gasteiger partial charge in [-0.2, -0.15) is 0 Å². The zero-order chi connectivity index (χ0) is 26.4. The van der Waals surface area contributed by atoms with Gasteiger partial charge in [0.1, 0.15) is 46.0 Å². The van der Waals surface area contributed by atoms with Crippen LogP contribution in [0, 0.1) is 0 Å². The van der Waals surface area contributed by atoms with Crippen molar-refractivity contribution in [2.75, 3.05) is 0 Å². The van der Waals surface area contributed by atoms with Gasteiger partial charge in [-0.3, -0.25) is 4.79 Å². The number of aromatic hydroxyl groups is 3. The molecule has 0 unspecified atom stereocenters. The standard InChI is InChI=1S/C30H34O6/c1-16(2)7-9-19-27(33)20(10-8-17(3)4)29-26(28(19)34)23(32)15-25(35-29)21-13-18-11-12-30(5,6)36-24(18)14-22(21)31/h7-8,11-14,25,31,33-34H,9-10,15H2,1-6H3/t25-/m0/s1. The minimum atomic E-state index is -0.786. The van der Waals surface area contributed by atoms with Gasteiger partial charge >= 0.3 is 0 Å². The lowest BCUT2D eigenvalue weighted by atomic mass is 9.88. The highest BCUT2D eigenvalue weighted by Crippen LogP contribution is 2.50. The average Bonchev–Trinajstić information content (AvgIpc) is 2.76. The summed E-state index contributed by atoms with van der Waals surface area (Å²) in [7, 11) is 0. The van der Waals surface area contributed by atoms with Crippen LogP contribution in [0.1, 0.15) is 86.7 Å². The molecule has 0 saturated heterocycles. The Morgan fingerprint density at radius 1 is 1.00 bits per heavy atom. The van der Waals surface area contributed by atoms with E-state index in [-0.39, 0.29) is 40.8 Å². The van der Waals surface area contributed by atoms with Crippen LogP contribution in [0.3, 0.4) is 0 Å². The molecule has 6 heteroatoms. The molecule has 0 spiro atoms. The van der Waals surface area contributed by atoms with Crippen LogP contribution in [-0.4, -0.2) is 26.7 Å². The van der Waals surface area contributed by atoms with E-state index < -0.39 is 11.7 Å². The number of phenolic OH excluding ortho intramolecular Hbond substituents is 3. The van der Waals surface area contributed by atoms with E-state index in [1.807, 2.05) is 65.8 Å². The number of ketones is 1. The summed E-state index contributed by atoms with van der Waals surface area (Å²) in [6.07, 6.45) is 7.47. The highest BCUT2D eigenvalue weighted by atomic mass is 16.5. The molecule has 2 heterocycles. The molecule has 0 radical (unpaired) electrons. The van der Waals surface area contributed by atoms with E-state index in [0.29, 0.717) is 35.3 Å². The average molecular weight is 491 g/mol. The first-order valence-electron chi connectivity index (χ1n) is 12.2. The smallest absolute Gasteiger partial charge is 0.174 e. The van der Waals surface area contributed by atoms with Crippen molar-refractivity contribution in [3.05, 3.63) is 69.3 Å². The number of ether oxygens (including phenoxy) is 2. The second-order valence-corrected chi connectivity index (χ2v) is 10.6. The summed E-state index contributed by atoms with van der Waals surface area (Å²) in [5, 5.41) is 33.0. The lowest BCUT2D eigenvalue weighted by Crippen LogP contribution is -2.27. The van der Waals surface area contributed by atoms with Gasteiger partial charge in [-0.1, -0.05) is 29.4 Å². The first-order chi connectivity index (χ1) is 16.9. The van der Waals surface area contributed by atoms with Crippen molar-refractivity contribution in [1.29, 1.82) is 0 Å². The predicted molar refractivity (Wildman–Crippen MR) is 140 cm³/mol. The molecule has 0 fully saturated rings. The predicted octanol–water partition coefficient (Wildman–Crippen LogP) is 6.71. The number of carbonyl (C=O) groups excluding carboxylic acids is 1. The quantitative estimate of drug-likeness (QED) is 0.403. The van der Waals surface area contributed by atoms with Gasteiger partial charge in [0.05, 0.1) is 6.42 Å². The monoisotopic (exact) mass is 490 g/mol. The van der Waals surface area contributed by atoms with Crippen LogP contribution in [0.4, 0.5) is 0 Å². The van der Waals surface area contributed by atoms with Gasteiger partial charge in [-0.05, 0) is 66.5 Å². The first-order valence-corrected chi connectivity index (χ1v) is 12.2. The number of rotatable bonds is 5. The maximum absolute atomic E-state index is 13.4. The normalized spacial score (nSPS) is 17.4. The van der Waals surface area contributed by atoms with Gasteiger partial charge in [0.25, 0.3) is 0 Å². The van der Waals surface area contributed by atoms with E-state index >= 15 is 0 Å². The molecule has 2 aliphatic rings. The molecule has 3 N–H and O–H groups in total. The molecule has 4 rings (SSSR count). The molecule has 1 atom stereocenters. The summed E-state index contributed by atoms with van der Waals surface area (Å²) < 4.78 is 12.2. The summed E-state index contributed by atoms with van der Waals surface area (Å²) in [4.78, 5) is 13.4. The largest absolute Gasteiger partial charge is 0.507 e. The lowest BCUT2D eigenvalue weighted by molar-refractivity contribution is 0.0839. The summed E-state index contributed by atoms with van der Waals surface area (Å²) >= 11 is 0. The number of carbonyl (C=O) groups is 1. The third-order valence-electron chi connectivity index (χ3n) is 6.48. The van der Waals surface area contributed by atoms with E-state index in [9.17, 15) is 20.1 Å². The van der Waals surface area contributed by atoms with E-state index in [0.717, 1.165) is 16.7 Å². The van der Waals surface area contributed by atoms with Crippen molar-refractivity contribution in [2.45, 2.75) is 72.5 Å². The Balaban J connectivity index is 1.82. The third kappa shape index (κ3) is 4.85. The molecule has 2 aliphatic heterocycles. The summed E-state index contributed by atoms with van der Waals surface area (Å²) in [5.74, 6) is 0.0336. The fourth-order valence-corrected chi connectivity index (χ4v) is 4.51. The molecule has 190 valence electrons. The highest BCUT2D eigenvalue weighted by molar-refractivity contribution is 6.04. The molecule has 0 aromatic heterocycles. The second kappa shape index (κ2) is 9.41. The lowest BCUT2D eigenvalue weighted by Gasteiger charge is -2.31. The summed E-state index contributed by atoms with van der Waals surface area (Å²) in [6, 6.07) is 3.30. The van der Waals surface area contributed by atoms with Crippen molar-refractivity contribution in [3.63, 3.8) is 0 Å². The molecule has 0 saturated carbocycles. The number of fused-ring (bicyclic) bond motifs is 2. The minimum absolute atomic E-state index is 0.0411. The molecule has 0 aliphatic carbocycles. The Hall–Kier alpha value is -3.67. The van der Waals surface area contributed by atoms with Crippen LogP contribution in [0.25, 0.3) is 6.08 Å². The topological polar surface area (TPSA) is 96.2 Å².